The molecule has 3 N–H and O–H groups in total. The number of carbonyl (C=O) groups is 1. The van der Waals surface area contributed by atoms with Crippen molar-refractivity contribution in [2.75, 3.05) is 10.6 Å². The van der Waals surface area contributed by atoms with Gasteiger partial charge in [0.05, 0.1) is 29.3 Å². The first-order valence-electron chi connectivity index (χ1n) is 13.7. The van der Waals surface area contributed by atoms with Crippen LogP contribution in [0.4, 0.5) is 22.0 Å². The van der Waals surface area contributed by atoms with Crippen LogP contribution in [0, 0.1) is 25.2 Å². The summed E-state index contributed by atoms with van der Waals surface area (Å²) in [5.41, 5.74) is 3.77. The van der Waals surface area contributed by atoms with Crippen LogP contribution in [0.1, 0.15) is 69.0 Å². The van der Waals surface area contributed by atoms with Crippen molar-refractivity contribution in [3.05, 3.63) is 71.2 Å². The molecule has 0 saturated heterocycles. The van der Waals surface area contributed by atoms with E-state index in [-0.39, 0.29) is 17.8 Å². The average molecular weight is 543 g/mol. The Bertz CT molecular complexity index is 1340. The predicted molar refractivity (Wildman–Crippen MR) is 156 cm³/mol. The van der Waals surface area contributed by atoms with Crippen molar-refractivity contribution in [2.45, 2.75) is 84.6 Å². The number of pyridine rings is 2. The van der Waals surface area contributed by atoms with E-state index in [1.165, 1.54) is 0 Å². The Labute approximate surface area is 236 Å². The number of carbonyl (C=O) groups excluding carboxylic acids is 1. The molecule has 2 atom stereocenters. The highest BCUT2D eigenvalue weighted by Crippen LogP contribution is 2.29. The van der Waals surface area contributed by atoms with Crippen molar-refractivity contribution in [1.82, 2.24) is 15.3 Å². The zero-order valence-electron chi connectivity index (χ0n) is 23.9. The normalized spacial score (nSPS) is 16.9. The number of benzene rings is 1. The number of rotatable bonds is 8. The van der Waals surface area contributed by atoms with Crippen LogP contribution in [-0.4, -0.2) is 33.7 Å². The first-order valence-corrected chi connectivity index (χ1v) is 13.7. The maximum atomic E-state index is 12.4. The third-order valence-corrected chi connectivity index (χ3v) is 6.63. The molecular formula is C31H38N6O3. The monoisotopic (exact) mass is 542 g/mol. The number of alkyl carbamates (subject to hydrolysis) is 1. The standard InChI is InChI=1S/C31H38N6O3/c1-20-15-28(34-21(2)29(20)39-19-22-11-7-6-8-12-22)36-26-16-23(18-33-27(26)17-32)35-24-13-9-10-14-25(24)37-30(38)40-31(3,4)5/h6-8,11-12,15-16,18,24-25,35H,9-10,13-14,19H2,1-5H3,(H,34,36)(H,37,38)/t24-,25+/m1/s1. The topological polar surface area (TPSA) is 121 Å². The molecule has 210 valence electrons. The largest absolute Gasteiger partial charge is 0.487 e. The number of hydrogen-bond donors (Lipinski definition) is 3. The second kappa shape index (κ2) is 12.7. The van der Waals surface area contributed by atoms with Crippen molar-refractivity contribution < 1.29 is 14.3 Å². The third-order valence-electron chi connectivity index (χ3n) is 6.63. The van der Waals surface area contributed by atoms with Gasteiger partial charge in [0.25, 0.3) is 0 Å². The van der Waals surface area contributed by atoms with Gasteiger partial charge in [-0.15, -0.1) is 0 Å². The molecule has 1 fully saturated rings. The molecule has 0 radical (unpaired) electrons. The van der Waals surface area contributed by atoms with Gasteiger partial charge in [-0.05, 0) is 70.7 Å². The molecule has 0 bridgehead atoms. The Kier molecular flexibility index (Phi) is 9.10. The molecular weight excluding hydrogens is 504 g/mol. The summed E-state index contributed by atoms with van der Waals surface area (Å²) in [6.45, 7) is 9.89. The van der Waals surface area contributed by atoms with Crippen LogP contribution in [0.3, 0.4) is 0 Å². The quantitative estimate of drug-likeness (QED) is 0.294. The summed E-state index contributed by atoms with van der Waals surface area (Å²) in [6, 6.07) is 15.8. The number of amides is 1. The fraction of sp³-hybridized carbons (Fsp3) is 0.419. The van der Waals surface area contributed by atoms with E-state index in [2.05, 4.69) is 32.0 Å². The summed E-state index contributed by atoms with van der Waals surface area (Å²) >= 11 is 0. The van der Waals surface area contributed by atoms with Crippen molar-refractivity contribution in [1.29, 1.82) is 5.26 Å². The Hall–Kier alpha value is -4.32. The van der Waals surface area contributed by atoms with Gasteiger partial charge < -0.3 is 25.4 Å². The smallest absolute Gasteiger partial charge is 0.407 e. The number of aryl methyl sites for hydroxylation is 2. The fourth-order valence-corrected chi connectivity index (χ4v) is 4.85. The first-order chi connectivity index (χ1) is 19.1. The first kappa shape index (κ1) is 28.7. The number of anilines is 3. The molecule has 9 heteroatoms. The second-order valence-corrected chi connectivity index (χ2v) is 11.2. The van der Waals surface area contributed by atoms with Crippen molar-refractivity contribution in [3.63, 3.8) is 0 Å². The molecule has 1 saturated carbocycles. The molecule has 9 nitrogen and oxygen atoms in total. The van der Waals surface area contributed by atoms with Crippen molar-refractivity contribution in [3.8, 4) is 11.8 Å². The van der Waals surface area contributed by atoms with Crippen LogP contribution in [0.15, 0.2) is 48.7 Å². The molecule has 1 aliphatic rings. The van der Waals surface area contributed by atoms with Gasteiger partial charge in [0, 0.05) is 6.04 Å². The molecule has 0 aliphatic heterocycles. The lowest BCUT2D eigenvalue weighted by Gasteiger charge is -2.34. The zero-order chi connectivity index (χ0) is 28.7. The molecule has 3 aromatic rings. The molecule has 2 aromatic heterocycles. The van der Waals surface area contributed by atoms with E-state index in [1.807, 2.05) is 77.1 Å². The Morgan fingerprint density at radius 2 is 1.82 bits per heavy atom. The van der Waals surface area contributed by atoms with Gasteiger partial charge in [-0.1, -0.05) is 43.2 Å². The summed E-state index contributed by atoms with van der Waals surface area (Å²) < 4.78 is 11.5. The third kappa shape index (κ3) is 7.85. The van der Waals surface area contributed by atoms with Crippen LogP contribution in [0.2, 0.25) is 0 Å². The minimum atomic E-state index is -0.559. The number of aromatic nitrogens is 2. The van der Waals surface area contributed by atoms with E-state index in [0.717, 1.165) is 53.9 Å². The second-order valence-electron chi connectivity index (χ2n) is 11.2. The molecule has 0 unspecified atom stereocenters. The van der Waals surface area contributed by atoms with Crippen LogP contribution in [0.25, 0.3) is 0 Å². The number of hydrogen-bond acceptors (Lipinski definition) is 8. The van der Waals surface area contributed by atoms with Gasteiger partial charge in [0.15, 0.2) is 5.69 Å². The fourth-order valence-electron chi connectivity index (χ4n) is 4.85. The molecule has 2 heterocycles. The molecule has 1 amide bonds. The van der Waals surface area contributed by atoms with Crippen molar-refractivity contribution in [2.24, 2.45) is 0 Å². The van der Waals surface area contributed by atoms with E-state index in [1.54, 1.807) is 6.20 Å². The maximum absolute atomic E-state index is 12.4. The van der Waals surface area contributed by atoms with E-state index in [4.69, 9.17) is 9.47 Å². The highest BCUT2D eigenvalue weighted by molar-refractivity contribution is 5.69. The summed E-state index contributed by atoms with van der Waals surface area (Å²) in [6.07, 6.45) is 5.07. The van der Waals surface area contributed by atoms with E-state index in [0.29, 0.717) is 18.1 Å². The van der Waals surface area contributed by atoms with Gasteiger partial charge in [0.2, 0.25) is 0 Å². The Balaban J connectivity index is 1.47. The SMILES string of the molecule is Cc1cc(Nc2cc(N[C@@H]3CCCC[C@@H]3NC(=O)OC(C)(C)C)cnc2C#N)nc(C)c1OCc1ccccc1. The van der Waals surface area contributed by atoms with Gasteiger partial charge in [-0.3, -0.25) is 0 Å². The summed E-state index contributed by atoms with van der Waals surface area (Å²) in [5.74, 6) is 1.34. The molecule has 40 heavy (non-hydrogen) atoms. The predicted octanol–water partition coefficient (Wildman–Crippen LogP) is 6.54. The van der Waals surface area contributed by atoms with Gasteiger partial charge in [0.1, 0.15) is 29.8 Å². The van der Waals surface area contributed by atoms with Crippen LogP contribution in [0.5, 0.6) is 5.75 Å². The number of nitrogens with one attached hydrogen (secondary N) is 3. The minimum absolute atomic E-state index is 0.00696. The van der Waals surface area contributed by atoms with E-state index in [9.17, 15) is 10.1 Å². The van der Waals surface area contributed by atoms with E-state index < -0.39 is 11.7 Å². The molecule has 1 aromatic carbocycles. The maximum Gasteiger partial charge on any atom is 0.407 e. The van der Waals surface area contributed by atoms with Crippen LogP contribution < -0.4 is 20.7 Å². The lowest BCUT2D eigenvalue weighted by molar-refractivity contribution is 0.0488. The summed E-state index contributed by atoms with van der Waals surface area (Å²) in [5, 5.41) is 19.5. The van der Waals surface area contributed by atoms with Gasteiger partial charge in [-0.2, -0.15) is 5.26 Å². The molecule has 4 rings (SSSR count). The van der Waals surface area contributed by atoms with Gasteiger partial charge >= 0.3 is 6.09 Å². The van der Waals surface area contributed by atoms with Crippen molar-refractivity contribution >= 4 is 23.3 Å². The lowest BCUT2D eigenvalue weighted by atomic mass is 9.90. The summed E-state index contributed by atoms with van der Waals surface area (Å²) in [4.78, 5) is 21.5. The Morgan fingerprint density at radius 1 is 1.10 bits per heavy atom. The highest BCUT2D eigenvalue weighted by atomic mass is 16.6. The minimum Gasteiger partial charge on any atom is -0.487 e. The number of nitrogens with zero attached hydrogens (tertiary/aromatic N) is 3. The molecule has 1 aliphatic carbocycles. The van der Waals surface area contributed by atoms with Crippen LogP contribution in [-0.2, 0) is 11.3 Å². The van der Waals surface area contributed by atoms with Crippen LogP contribution >= 0.6 is 0 Å². The number of ether oxygens (including phenoxy) is 2. The highest BCUT2D eigenvalue weighted by Gasteiger charge is 2.28. The molecule has 0 spiro atoms. The zero-order valence-corrected chi connectivity index (χ0v) is 23.9. The average Bonchev–Trinajstić information content (AvgIpc) is 2.89. The summed E-state index contributed by atoms with van der Waals surface area (Å²) in [7, 11) is 0. The van der Waals surface area contributed by atoms with E-state index >= 15 is 0 Å². The van der Waals surface area contributed by atoms with Gasteiger partial charge in [-0.25, -0.2) is 14.8 Å². The Morgan fingerprint density at radius 3 is 2.50 bits per heavy atom. The lowest BCUT2D eigenvalue weighted by Crippen LogP contribution is -2.49. The number of nitriles is 1.